The maximum Gasteiger partial charge on any atom is 4.00 e. The van der Waals surface area contributed by atoms with Gasteiger partial charge in [0, 0.05) is 0 Å². The van der Waals surface area contributed by atoms with Crippen LogP contribution in [0.15, 0.2) is 0 Å². The maximum atomic E-state index is 0. The minimum Gasteiger partial charge on any atom is -1.00 e. The molecule has 0 atom stereocenters. The predicted octanol–water partition coefficient (Wildman–Crippen LogP) is -9.17. The first-order valence-corrected chi connectivity index (χ1v) is 0. The second-order valence-corrected chi connectivity index (χ2v) is 0. The van der Waals surface area contributed by atoms with Crippen molar-refractivity contribution in [3.8, 4) is 0 Å². The van der Waals surface area contributed by atoms with Crippen molar-refractivity contribution in [2.75, 3.05) is 0 Å². The molecule has 0 saturated heterocycles. The van der Waals surface area contributed by atoms with E-state index in [1.54, 1.807) is 0 Å². The Morgan fingerprint density at radius 1 is 0.600 bits per heavy atom. The summed E-state index contributed by atoms with van der Waals surface area (Å²) in [5.74, 6) is 0. The second kappa shape index (κ2) is 27.9. The van der Waals surface area contributed by atoms with Gasteiger partial charge in [-0.2, -0.15) is 0 Å². The van der Waals surface area contributed by atoms with E-state index >= 15 is 0 Å². The van der Waals surface area contributed by atoms with E-state index in [9.17, 15) is 0 Å². The van der Waals surface area contributed by atoms with Crippen molar-refractivity contribution < 1.29 is 103 Å². The Balaban J connectivity index is 0. The zero-order chi connectivity index (χ0) is 0. The average molecular weight is 576 g/mol. The van der Waals surface area contributed by atoms with Gasteiger partial charge in [0.2, 0.25) is 0 Å². The van der Waals surface area contributed by atoms with E-state index in [-0.39, 0.29) is 103 Å². The van der Waals surface area contributed by atoms with E-state index in [2.05, 4.69) is 0 Å². The topological polar surface area (TPSA) is 30.0 Å². The molecule has 0 bridgehead atoms. The van der Waals surface area contributed by atoms with Crippen molar-refractivity contribution in [1.82, 2.24) is 0 Å². The Morgan fingerprint density at radius 2 is 0.600 bits per heavy atom. The Morgan fingerprint density at radius 3 is 0.600 bits per heavy atom. The van der Waals surface area contributed by atoms with E-state index in [1.807, 2.05) is 0 Å². The summed E-state index contributed by atoms with van der Waals surface area (Å²) in [5, 5.41) is 0. The average Bonchev–Trinajstić information content (AvgIpc) is 0. The SMILES string of the molecule is [Hf+4].[I-].[I-].[I-].[OH-]. The smallest absolute Gasteiger partial charge is 1.00 e. The molecule has 0 radical (unpaired) electrons. The van der Waals surface area contributed by atoms with Crippen molar-refractivity contribution in [1.29, 1.82) is 0 Å². The standard InChI is InChI=1S/Hf.3HI.H2O/h;3*1H;1H2/q+4;;;;/p-4. The van der Waals surface area contributed by atoms with E-state index in [0.717, 1.165) is 0 Å². The van der Waals surface area contributed by atoms with Crippen LogP contribution in [0.2, 0.25) is 0 Å². The quantitative estimate of drug-likeness (QED) is 0.209. The first kappa shape index (κ1) is 43.3. The fourth-order valence-corrected chi connectivity index (χ4v) is 0. The summed E-state index contributed by atoms with van der Waals surface area (Å²) in [7, 11) is 0. The number of halogens is 3. The van der Waals surface area contributed by atoms with Gasteiger partial charge in [-0.25, -0.2) is 0 Å². The van der Waals surface area contributed by atoms with Gasteiger partial charge in [0.05, 0.1) is 0 Å². The Labute approximate surface area is 101 Å². The van der Waals surface area contributed by atoms with Crippen LogP contribution in [0, 0.1) is 0 Å². The number of rotatable bonds is 0. The fraction of sp³-hybridized carbons (Fsp3) is 0. The molecule has 1 nitrogen and oxygen atoms in total. The van der Waals surface area contributed by atoms with E-state index in [0.29, 0.717) is 0 Å². The number of hydrogen-bond acceptors (Lipinski definition) is 1. The van der Waals surface area contributed by atoms with Gasteiger partial charge in [-0.05, 0) is 0 Å². The van der Waals surface area contributed by atoms with Crippen molar-refractivity contribution in [3.05, 3.63) is 0 Å². The molecular weight excluding hydrogens is 575 g/mol. The monoisotopic (exact) mass is 578 g/mol. The number of hydrogen-bond donors (Lipinski definition) is 0. The van der Waals surface area contributed by atoms with Gasteiger partial charge in [-0.15, -0.1) is 0 Å². The van der Waals surface area contributed by atoms with Gasteiger partial charge < -0.3 is 77.4 Å². The maximum absolute atomic E-state index is 0. The third-order valence-electron chi connectivity index (χ3n) is 0. The van der Waals surface area contributed by atoms with Crippen LogP contribution in [-0.2, 0) is 25.8 Å². The van der Waals surface area contributed by atoms with Crippen molar-refractivity contribution in [3.63, 3.8) is 0 Å². The molecule has 0 aliphatic carbocycles. The molecule has 0 aromatic rings. The van der Waals surface area contributed by atoms with Crippen LogP contribution in [-0.4, -0.2) is 5.48 Å². The molecule has 5 heavy (non-hydrogen) atoms. The zero-order valence-corrected chi connectivity index (χ0v) is 12.1. The van der Waals surface area contributed by atoms with Gasteiger partial charge >= 0.3 is 25.8 Å². The van der Waals surface area contributed by atoms with Crippen molar-refractivity contribution >= 4 is 0 Å². The molecule has 32 valence electrons. The van der Waals surface area contributed by atoms with E-state index in [4.69, 9.17) is 0 Å². The van der Waals surface area contributed by atoms with Crippen LogP contribution in [0.5, 0.6) is 0 Å². The van der Waals surface area contributed by atoms with Gasteiger partial charge in [0.25, 0.3) is 0 Å². The Bertz CT molecular complexity index is 6.85. The zero-order valence-electron chi connectivity index (χ0n) is 2.08. The molecule has 0 spiro atoms. The van der Waals surface area contributed by atoms with E-state index < -0.39 is 0 Å². The first-order chi connectivity index (χ1) is 0. The second-order valence-electron chi connectivity index (χ2n) is 0. The summed E-state index contributed by atoms with van der Waals surface area (Å²) in [6, 6.07) is 0. The molecule has 0 aromatic heterocycles. The molecule has 0 rings (SSSR count). The van der Waals surface area contributed by atoms with Crippen LogP contribution in [0.1, 0.15) is 0 Å². The van der Waals surface area contributed by atoms with Crippen LogP contribution in [0.4, 0.5) is 0 Å². The van der Waals surface area contributed by atoms with E-state index in [1.165, 1.54) is 0 Å². The molecule has 0 heterocycles. The molecular formula is HHfI3O. The molecule has 5 heteroatoms. The third kappa shape index (κ3) is 19.4. The third-order valence-corrected chi connectivity index (χ3v) is 0. The summed E-state index contributed by atoms with van der Waals surface area (Å²) in [6.07, 6.45) is 0. The van der Waals surface area contributed by atoms with Crippen molar-refractivity contribution in [2.24, 2.45) is 0 Å². The fourth-order valence-electron chi connectivity index (χ4n) is 0. The Hall–Kier alpha value is 3.02. The van der Waals surface area contributed by atoms with Gasteiger partial charge in [-0.1, -0.05) is 0 Å². The van der Waals surface area contributed by atoms with Gasteiger partial charge in [-0.3, -0.25) is 0 Å². The molecule has 0 saturated carbocycles. The minimum atomic E-state index is 0. The molecule has 0 aromatic carbocycles. The summed E-state index contributed by atoms with van der Waals surface area (Å²) >= 11 is 0. The molecule has 0 fully saturated rings. The summed E-state index contributed by atoms with van der Waals surface area (Å²) in [5.41, 5.74) is 0. The molecule has 0 aliphatic heterocycles. The molecule has 0 unspecified atom stereocenters. The normalized spacial score (nSPS) is 0. The van der Waals surface area contributed by atoms with Crippen LogP contribution in [0.3, 0.4) is 0 Å². The van der Waals surface area contributed by atoms with Gasteiger partial charge in [0.15, 0.2) is 0 Å². The molecule has 0 aliphatic rings. The molecule has 1 N–H and O–H groups in total. The molecule has 0 amide bonds. The van der Waals surface area contributed by atoms with Crippen LogP contribution < -0.4 is 71.9 Å². The van der Waals surface area contributed by atoms with Crippen LogP contribution in [0.25, 0.3) is 0 Å². The summed E-state index contributed by atoms with van der Waals surface area (Å²) in [6.45, 7) is 0. The van der Waals surface area contributed by atoms with Gasteiger partial charge in [0.1, 0.15) is 0 Å². The largest absolute Gasteiger partial charge is 4.00 e. The van der Waals surface area contributed by atoms with Crippen molar-refractivity contribution in [2.45, 2.75) is 0 Å². The first-order valence-electron chi connectivity index (χ1n) is 0. The summed E-state index contributed by atoms with van der Waals surface area (Å²) < 4.78 is 0. The Kier molecular flexibility index (Phi) is 242. The van der Waals surface area contributed by atoms with Crippen LogP contribution >= 0.6 is 0 Å². The summed E-state index contributed by atoms with van der Waals surface area (Å²) in [4.78, 5) is 0. The predicted molar refractivity (Wildman–Crippen MR) is 1.94 cm³/mol. The minimum absolute atomic E-state index is 0.